The Morgan fingerprint density at radius 3 is 2.78 bits per heavy atom. The van der Waals surface area contributed by atoms with Gasteiger partial charge in [0.2, 0.25) is 0 Å². The van der Waals surface area contributed by atoms with Crippen LogP contribution in [0.3, 0.4) is 0 Å². The van der Waals surface area contributed by atoms with Gasteiger partial charge in [-0.1, -0.05) is 0 Å². The molecule has 1 fully saturated rings. The van der Waals surface area contributed by atoms with Gasteiger partial charge in [0, 0.05) is 12.3 Å². The standard InChI is InChI=1S/C13H18N2O2S/c14-13(18)15-10-4-6-11(7-5-10)17-9-12-3-1-2-8-16-12/h4-7,12H,1-3,8-9H2,(H3,14,15,18). The first-order valence-corrected chi connectivity index (χ1v) is 6.56. The highest BCUT2D eigenvalue weighted by Crippen LogP contribution is 2.18. The molecule has 18 heavy (non-hydrogen) atoms. The van der Waals surface area contributed by atoms with Crippen LogP contribution in [0.5, 0.6) is 5.75 Å². The Kier molecular flexibility index (Phi) is 4.78. The van der Waals surface area contributed by atoms with Crippen LogP contribution in [0.15, 0.2) is 24.3 Å². The molecule has 3 N–H and O–H groups in total. The van der Waals surface area contributed by atoms with Crippen molar-refractivity contribution < 1.29 is 9.47 Å². The summed E-state index contributed by atoms with van der Waals surface area (Å²) >= 11 is 4.77. The van der Waals surface area contributed by atoms with E-state index in [0.717, 1.165) is 30.9 Å². The van der Waals surface area contributed by atoms with Crippen LogP contribution in [0.25, 0.3) is 0 Å². The van der Waals surface area contributed by atoms with Gasteiger partial charge in [-0.15, -0.1) is 0 Å². The second kappa shape index (κ2) is 6.56. The molecule has 1 aromatic rings. The van der Waals surface area contributed by atoms with Crippen molar-refractivity contribution in [1.82, 2.24) is 0 Å². The van der Waals surface area contributed by atoms with Gasteiger partial charge in [-0.3, -0.25) is 0 Å². The highest BCUT2D eigenvalue weighted by molar-refractivity contribution is 7.80. The lowest BCUT2D eigenvalue weighted by Crippen LogP contribution is -2.25. The number of rotatable bonds is 4. The van der Waals surface area contributed by atoms with Crippen LogP contribution < -0.4 is 15.8 Å². The Morgan fingerprint density at radius 2 is 2.17 bits per heavy atom. The van der Waals surface area contributed by atoms with E-state index in [0.29, 0.717) is 6.61 Å². The van der Waals surface area contributed by atoms with E-state index >= 15 is 0 Å². The molecule has 4 nitrogen and oxygen atoms in total. The molecule has 2 rings (SSSR count). The highest BCUT2D eigenvalue weighted by Gasteiger charge is 2.14. The molecule has 98 valence electrons. The number of benzene rings is 1. The first kappa shape index (κ1) is 13.1. The van der Waals surface area contributed by atoms with Crippen LogP contribution >= 0.6 is 12.2 Å². The van der Waals surface area contributed by atoms with Gasteiger partial charge in [0.15, 0.2) is 5.11 Å². The van der Waals surface area contributed by atoms with Crippen LogP contribution in [0.1, 0.15) is 19.3 Å². The van der Waals surface area contributed by atoms with E-state index < -0.39 is 0 Å². The Bertz CT molecular complexity index is 388. The number of hydrogen-bond acceptors (Lipinski definition) is 3. The summed E-state index contributed by atoms with van der Waals surface area (Å²) < 4.78 is 11.3. The summed E-state index contributed by atoms with van der Waals surface area (Å²) in [6.07, 6.45) is 3.70. The molecular formula is C13H18N2O2S. The van der Waals surface area contributed by atoms with E-state index in [9.17, 15) is 0 Å². The molecule has 0 radical (unpaired) electrons. The van der Waals surface area contributed by atoms with Crippen molar-refractivity contribution in [3.05, 3.63) is 24.3 Å². The summed E-state index contributed by atoms with van der Waals surface area (Å²) in [5.41, 5.74) is 6.26. The van der Waals surface area contributed by atoms with Gasteiger partial charge >= 0.3 is 0 Å². The molecule has 5 heteroatoms. The highest BCUT2D eigenvalue weighted by atomic mass is 32.1. The first-order chi connectivity index (χ1) is 8.74. The Hall–Kier alpha value is -1.33. The maximum atomic E-state index is 5.69. The predicted octanol–water partition coefficient (Wildman–Crippen LogP) is 2.29. The Balaban J connectivity index is 1.80. The lowest BCUT2D eigenvalue weighted by molar-refractivity contribution is -0.0110. The van der Waals surface area contributed by atoms with Crippen LogP contribution in [0.4, 0.5) is 5.69 Å². The molecule has 0 amide bonds. The minimum Gasteiger partial charge on any atom is -0.491 e. The quantitative estimate of drug-likeness (QED) is 0.819. The smallest absolute Gasteiger partial charge is 0.168 e. The third-order valence-corrected chi connectivity index (χ3v) is 2.93. The molecule has 0 bridgehead atoms. The summed E-state index contributed by atoms with van der Waals surface area (Å²) in [4.78, 5) is 0. The average Bonchev–Trinajstić information content (AvgIpc) is 2.38. The molecule has 1 unspecified atom stereocenters. The third kappa shape index (κ3) is 4.16. The normalized spacial score (nSPS) is 19.2. The van der Waals surface area contributed by atoms with E-state index in [4.69, 9.17) is 27.4 Å². The van der Waals surface area contributed by atoms with Gasteiger partial charge in [0.1, 0.15) is 12.4 Å². The van der Waals surface area contributed by atoms with Crippen LogP contribution in [-0.2, 0) is 4.74 Å². The van der Waals surface area contributed by atoms with Crippen molar-refractivity contribution in [3.63, 3.8) is 0 Å². The minimum atomic E-state index is 0.230. The van der Waals surface area contributed by atoms with Crippen molar-refractivity contribution in [2.45, 2.75) is 25.4 Å². The zero-order valence-electron chi connectivity index (χ0n) is 10.2. The van der Waals surface area contributed by atoms with E-state index in [2.05, 4.69) is 5.32 Å². The molecule has 1 saturated heterocycles. The first-order valence-electron chi connectivity index (χ1n) is 6.15. The van der Waals surface area contributed by atoms with Crippen molar-refractivity contribution in [2.24, 2.45) is 5.73 Å². The summed E-state index contributed by atoms with van der Waals surface area (Å²) in [6, 6.07) is 7.55. The van der Waals surface area contributed by atoms with Crippen LogP contribution in [0.2, 0.25) is 0 Å². The van der Waals surface area contributed by atoms with Crippen molar-refractivity contribution in [1.29, 1.82) is 0 Å². The zero-order chi connectivity index (χ0) is 12.8. The van der Waals surface area contributed by atoms with Gasteiger partial charge in [-0.25, -0.2) is 0 Å². The van der Waals surface area contributed by atoms with Crippen LogP contribution in [0, 0.1) is 0 Å². The van der Waals surface area contributed by atoms with Crippen LogP contribution in [-0.4, -0.2) is 24.4 Å². The van der Waals surface area contributed by atoms with E-state index in [-0.39, 0.29) is 11.2 Å². The average molecular weight is 266 g/mol. The lowest BCUT2D eigenvalue weighted by Gasteiger charge is -2.22. The van der Waals surface area contributed by atoms with E-state index in [1.54, 1.807) is 0 Å². The fourth-order valence-electron chi connectivity index (χ4n) is 1.90. The van der Waals surface area contributed by atoms with Gasteiger partial charge in [0.25, 0.3) is 0 Å². The molecule has 0 saturated carbocycles. The molecule has 1 aromatic carbocycles. The molecule has 0 aliphatic carbocycles. The number of thiocarbonyl (C=S) groups is 1. The molecule has 1 heterocycles. The molecule has 0 spiro atoms. The number of ether oxygens (including phenoxy) is 2. The molecule has 1 aliphatic rings. The number of nitrogens with two attached hydrogens (primary N) is 1. The van der Waals surface area contributed by atoms with E-state index in [1.807, 2.05) is 24.3 Å². The second-order valence-corrected chi connectivity index (χ2v) is 4.75. The maximum absolute atomic E-state index is 5.69. The summed E-state index contributed by atoms with van der Waals surface area (Å²) in [5, 5.41) is 3.13. The second-order valence-electron chi connectivity index (χ2n) is 4.31. The maximum Gasteiger partial charge on any atom is 0.168 e. The van der Waals surface area contributed by atoms with E-state index in [1.165, 1.54) is 6.42 Å². The lowest BCUT2D eigenvalue weighted by atomic mass is 10.1. The van der Waals surface area contributed by atoms with Gasteiger partial charge in [-0.2, -0.15) is 0 Å². The number of anilines is 1. The predicted molar refractivity (Wildman–Crippen MR) is 75.9 cm³/mol. The van der Waals surface area contributed by atoms with Crippen molar-refractivity contribution >= 4 is 23.0 Å². The Labute approximate surface area is 112 Å². The number of nitrogens with one attached hydrogen (secondary N) is 1. The largest absolute Gasteiger partial charge is 0.491 e. The molecule has 1 aliphatic heterocycles. The minimum absolute atomic E-state index is 0.230. The molecular weight excluding hydrogens is 248 g/mol. The van der Waals surface area contributed by atoms with Gasteiger partial charge in [0.05, 0.1) is 6.10 Å². The SMILES string of the molecule is NC(=S)Nc1ccc(OCC2CCCCO2)cc1. The molecule has 1 atom stereocenters. The Morgan fingerprint density at radius 1 is 1.39 bits per heavy atom. The van der Waals surface area contributed by atoms with Gasteiger partial charge < -0.3 is 20.5 Å². The summed E-state index contributed by atoms with van der Waals surface area (Å²) in [6.45, 7) is 1.47. The zero-order valence-corrected chi connectivity index (χ0v) is 11.0. The monoisotopic (exact) mass is 266 g/mol. The fourth-order valence-corrected chi connectivity index (χ4v) is 2.02. The summed E-state index contributed by atoms with van der Waals surface area (Å²) in [7, 11) is 0. The van der Waals surface area contributed by atoms with Crippen molar-refractivity contribution in [2.75, 3.05) is 18.5 Å². The number of hydrogen-bond donors (Lipinski definition) is 2. The topological polar surface area (TPSA) is 56.5 Å². The third-order valence-electron chi connectivity index (χ3n) is 2.83. The van der Waals surface area contributed by atoms with Crippen molar-refractivity contribution in [3.8, 4) is 5.75 Å². The summed E-state index contributed by atoms with van der Waals surface area (Å²) in [5.74, 6) is 0.831. The molecule has 0 aromatic heterocycles. The van der Waals surface area contributed by atoms with Gasteiger partial charge in [-0.05, 0) is 55.7 Å². The fraction of sp³-hybridized carbons (Fsp3) is 0.462.